The number of rotatable bonds is 7. The average Bonchev–Trinajstić information content (AvgIpc) is 2.38. The molecule has 1 aromatic rings. The lowest BCUT2D eigenvalue weighted by molar-refractivity contribution is -0.142. The zero-order chi connectivity index (χ0) is 16.0. The van der Waals surface area contributed by atoms with Crippen LogP contribution in [0.25, 0.3) is 0 Å². The summed E-state index contributed by atoms with van der Waals surface area (Å²) < 4.78 is 0. The van der Waals surface area contributed by atoms with Gasteiger partial charge in [-0.15, -0.1) is 0 Å². The van der Waals surface area contributed by atoms with Crippen molar-refractivity contribution in [3.05, 3.63) is 34.3 Å². The van der Waals surface area contributed by atoms with Gasteiger partial charge in [0.1, 0.15) is 6.04 Å². The van der Waals surface area contributed by atoms with Crippen LogP contribution in [0.15, 0.2) is 18.2 Å². The first-order chi connectivity index (χ1) is 9.79. The Kier molecular flexibility index (Phi) is 6.69. The average molecular weight is 312 g/mol. The SMILES string of the molecule is Cc1ccc(CCC(=O)N[C@@H](CC(C)C)C(=O)O)cc1Cl. The predicted octanol–water partition coefficient (Wildman–Crippen LogP) is 3.20. The second-order valence-electron chi connectivity index (χ2n) is 5.67. The van der Waals surface area contributed by atoms with Gasteiger partial charge < -0.3 is 10.4 Å². The third kappa shape index (κ3) is 6.17. The molecule has 0 spiro atoms. The highest BCUT2D eigenvalue weighted by Gasteiger charge is 2.20. The molecule has 0 unspecified atom stereocenters. The number of amides is 1. The van der Waals surface area contributed by atoms with Crippen molar-refractivity contribution in [2.24, 2.45) is 5.92 Å². The second-order valence-corrected chi connectivity index (χ2v) is 6.08. The van der Waals surface area contributed by atoms with Gasteiger partial charge in [0.05, 0.1) is 0 Å². The standard InChI is InChI=1S/C16H22ClNO3/c1-10(2)8-14(16(20)21)18-15(19)7-6-12-5-4-11(3)13(17)9-12/h4-5,9-10,14H,6-8H2,1-3H3,(H,18,19)(H,20,21)/t14-/m0/s1. The highest BCUT2D eigenvalue weighted by Crippen LogP contribution is 2.17. The molecule has 0 saturated carbocycles. The van der Waals surface area contributed by atoms with Gasteiger partial charge in [-0.25, -0.2) is 4.79 Å². The van der Waals surface area contributed by atoms with Gasteiger partial charge in [0.15, 0.2) is 0 Å². The molecule has 0 fully saturated rings. The van der Waals surface area contributed by atoms with Crippen molar-refractivity contribution in [3.8, 4) is 0 Å². The molecule has 0 radical (unpaired) electrons. The highest BCUT2D eigenvalue weighted by atomic mass is 35.5. The normalized spacial score (nSPS) is 12.2. The van der Waals surface area contributed by atoms with E-state index < -0.39 is 12.0 Å². The quantitative estimate of drug-likeness (QED) is 0.812. The van der Waals surface area contributed by atoms with E-state index >= 15 is 0 Å². The van der Waals surface area contributed by atoms with Gasteiger partial charge in [-0.1, -0.05) is 37.6 Å². The number of carbonyl (C=O) groups is 2. The van der Waals surface area contributed by atoms with E-state index in [1.54, 1.807) is 0 Å². The fourth-order valence-electron chi connectivity index (χ4n) is 2.01. The summed E-state index contributed by atoms with van der Waals surface area (Å²) in [6.45, 7) is 5.77. The minimum atomic E-state index is -0.990. The van der Waals surface area contributed by atoms with Crippen LogP contribution in [0.2, 0.25) is 5.02 Å². The van der Waals surface area contributed by atoms with Crippen molar-refractivity contribution < 1.29 is 14.7 Å². The largest absolute Gasteiger partial charge is 0.480 e. The summed E-state index contributed by atoms with van der Waals surface area (Å²) >= 11 is 6.03. The lowest BCUT2D eigenvalue weighted by Gasteiger charge is -2.16. The van der Waals surface area contributed by atoms with E-state index in [2.05, 4.69) is 5.32 Å². The van der Waals surface area contributed by atoms with Crippen LogP contribution in [-0.4, -0.2) is 23.0 Å². The van der Waals surface area contributed by atoms with Gasteiger partial charge in [0, 0.05) is 11.4 Å². The van der Waals surface area contributed by atoms with Crippen molar-refractivity contribution in [2.45, 2.75) is 46.1 Å². The minimum absolute atomic E-state index is 0.210. The molecule has 1 rings (SSSR count). The van der Waals surface area contributed by atoms with E-state index in [4.69, 9.17) is 16.7 Å². The summed E-state index contributed by atoms with van der Waals surface area (Å²) in [5.41, 5.74) is 1.96. The topological polar surface area (TPSA) is 66.4 Å². The molecule has 5 heteroatoms. The monoisotopic (exact) mass is 311 g/mol. The predicted molar refractivity (Wildman–Crippen MR) is 83.5 cm³/mol. The summed E-state index contributed by atoms with van der Waals surface area (Å²) in [6.07, 6.45) is 1.22. The Morgan fingerprint density at radius 1 is 1.33 bits per heavy atom. The number of hydrogen-bond acceptors (Lipinski definition) is 2. The molecule has 0 aliphatic heterocycles. The van der Waals surface area contributed by atoms with E-state index in [1.807, 2.05) is 39.0 Å². The van der Waals surface area contributed by atoms with Gasteiger partial charge in [0.2, 0.25) is 5.91 Å². The van der Waals surface area contributed by atoms with Crippen LogP contribution in [0.3, 0.4) is 0 Å². The number of hydrogen-bond donors (Lipinski definition) is 2. The van der Waals surface area contributed by atoms with E-state index in [0.717, 1.165) is 11.1 Å². The number of halogens is 1. The molecule has 1 atom stereocenters. The third-order valence-corrected chi connectivity index (χ3v) is 3.62. The van der Waals surface area contributed by atoms with Gasteiger partial charge >= 0.3 is 5.97 Å². The highest BCUT2D eigenvalue weighted by molar-refractivity contribution is 6.31. The van der Waals surface area contributed by atoms with E-state index in [0.29, 0.717) is 17.9 Å². The summed E-state index contributed by atoms with van der Waals surface area (Å²) in [4.78, 5) is 23.0. The molecule has 2 N–H and O–H groups in total. The number of aliphatic carboxylic acids is 1. The zero-order valence-corrected chi connectivity index (χ0v) is 13.4. The number of carboxylic acid groups (broad SMARTS) is 1. The maximum Gasteiger partial charge on any atom is 0.326 e. The molecule has 0 aromatic heterocycles. The smallest absolute Gasteiger partial charge is 0.326 e. The van der Waals surface area contributed by atoms with Gasteiger partial charge in [-0.3, -0.25) is 4.79 Å². The van der Waals surface area contributed by atoms with Crippen LogP contribution in [0.5, 0.6) is 0 Å². The molecular weight excluding hydrogens is 290 g/mol. The maximum absolute atomic E-state index is 11.9. The molecule has 0 bridgehead atoms. The maximum atomic E-state index is 11.9. The summed E-state index contributed by atoms with van der Waals surface area (Å²) in [7, 11) is 0. The van der Waals surface area contributed by atoms with Crippen LogP contribution >= 0.6 is 11.6 Å². The van der Waals surface area contributed by atoms with Gasteiger partial charge in [0.25, 0.3) is 0 Å². The van der Waals surface area contributed by atoms with Crippen molar-refractivity contribution in [3.63, 3.8) is 0 Å². The zero-order valence-electron chi connectivity index (χ0n) is 12.6. The summed E-state index contributed by atoms with van der Waals surface area (Å²) in [5, 5.41) is 12.3. The molecule has 0 heterocycles. The molecule has 21 heavy (non-hydrogen) atoms. The Hall–Kier alpha value is -1.55. The van der Waals surface area contributed by atoms with Crippen LogP contribution in [-0.2, 0) is 16.0 Å². The number of carbonyl (C=O) groups excluding carboxylic acids is 1. The Morgan fingerprint density at radius 2 is 2.00 bits per heavy atom. The van der Waals surface area contributed by atoms with Crippen molar-refractivity contribution in [1.29, 1.82) is 0 Å². The van der Waals surface area contributed by atoms with Crippen LogP contribution in [0.4, 0.5) is 0 Å². The van der Waals surface area contributed by atoms with E-state index in [-0.39, 0.29) is 18.2 Å². The molecule has 1 aromatic carbocycles. The van der Waals surface area contributed by atoms with Crippen molar-refractivity contribution in [1.82, 2.24) is 5.32 Å². The second kappa shape index (κ2) is 8.03. The Bertz CT molecular complexity index is 514. The van der Waals surface area contributed by atoms with Crippen LogP contribution in [0.1, 0.15) is 37.8 Å². The number of aryl methyl sites for hydroxylation is 2. The molecule has 0 saturated heterocycles. The molecule has 0 aliphatic rings. The Labute approximate surface area is 130 Å². The first kappa shape index (κ1) is 17.5. The van der Waals surface area contributed by atoms with Crippen molar-refractivity contribution >= 4 is 23.5 Å². The first-order valence-corrected chi connectivity index (χ1v) is 7.44. The molecule has 0 aliphatic carbocycles. The third-order valence-electron chi connectivity index (χ3n) is 3.22. The minimum Gasteiger partial charge on any atom is -0.480 e. The van der Waals surface area contributed by atoms with Crippen molar-refractivity contribution in [2.75, 3.05) is 0 Å². The summed E-state index contributed by atoms with van der Waals surface area (Å²) in [6, 6.07) is 4.86. The van der Waals surface area contributed by atoms with E-state index in [1.165, 1.54) is 0 Å². The van der Waals surface area contributed by atoms with Gasteiger partial charge in [-0.2, -0.15) is 0 Å². The molecule has 1 amide bonds. The first-order valence-electron chi connectivity index (χ1n) is 7.06. The van der Waals surface area contributed by atoms with Crippen LogP contribution in [0, 0.1) is 12.8 Å². The molecular formula is C16H22ClNO3. The van der Waals surface area contributed by atoms with E-state index in [9.17, 15) is 9.59 Å². The molecule has 4 nitrogen and oxygen atoms in total. The number of carboxylic acids is 1. The lowest BCUT2D eigenvalue weighted by Crippen LogP contribution is -2.41. The number of nitrogens with one attached hydrogen (secondary N) is 1. The fourth-order valence-corrected chi connectivity index (χ4v) is 2.21. The summed E-state index contributed by atoms with van der Waals surface area (Å²) in [5.74, 6) is -1.03. The van der Waals surface area contributed by atoms with Crippen LogP contribution < -0.4 is 5.32 Å². The Balaban J connectivity index is 2.52. The molecule has 116 valence electrons. The Morgan fingerprint density at radius 3 is 2.52 bits per heavy atom. The number of benzene rings is 1. The fraction of sp³-hybridized carbons (Fsp3) is 0.500. The lowest BCUT2D eigenvalue weighted by atomic mass is 10.0. The van der Waals surface area contributed by atoms with Gasteiger partial charge in [-0.05, 0) is 42.9 Å².